The van der Waals surface area contributed by atoms with Crippen molar-refractivity contribution in [3.8, 4) is 11.5 Å². The number of aryl methyl sites for hydroxylation is 3. The molecule has 0 saturated heterocycles. The summed E-state index contributed by atoms with van der Waals surface area (Å²) in [6.07, 6.45) is 1.60. The van der Waals surface area contributed by atoms with E-state index < -0.39 is 0 Å². The van der Waals surface area contributed by atoms with Gasteiger partial charge in [0.25, 0.3) is 5.91 Å². The predicted molar refractivity (Wildman–Crippen MR) is 101 cm³/mol. The van der Waals surface area contributed by atoms with Crippen molar-refractivity contribution in [2.45, 2.75) is 13.8 Å². The fourth-order valence-corrected chi connectivity index (χ4v) is 4.33. The lowest BCUT2D eigenvalue weighted by molar-refractivity contribution is 0.0831. The minimum atomic E-state index is -0.0475. The van der Waals surface area contributed by atoms with E-state index in [1.54, 1.807) is 41.6 Å². The Labute approximate surface area is 158 Å². The van der Waals surface area contributed by atoms with Gasteiger partial charge in [-0.3, -0.25) is 9.48 Å². The van der Waals surface area contributed by atoms with Gasteiger partial charge in [0.05, 0.1) is 21.0 Å². The maximum atomic E-state index is 12.4. The van der Waals surface area contributed by atoms with Crippen molar-refractivity contribution in [3.63, 3.8) is 0 Å². The van der Waals surface area contributed by atoms with Gasteiger partial charge < -0.3 is 4.90 Å². The van der Waals surface area contributed by atoms with Crippen molar-refractivity contribution in [2.24, 2.45) is 7.05 Å². The molecule has 0 fully saturated rings. The summed E-state index contributed by atoms with van der Waals surface area (Å²) in [5.41, 5.74) is 2.87. The van der Waals surface area contributed by atoms with E-state index in [0.717, 1.165) is 21.5 Å². The lowest BCUT2D eigenvalue weighted by Crippen LogP contribution is -2.21. The van der Waals surface area contributed by atoms with E-state index in [9.17, 15) is 4.79 Å². The number of aromatic nitrogens is 6. The van der Waals surface area contributed by atoms with Crippen molar-refractivity contribution in [2.75, 3.05) is 14.1 Å². The topological polar surface area (TPSA) is 81.2 Å². The van der Waals surface area contributed by atoms with Gasteiger partial charge in [-0.2, -0.15) is 5.10 Å². The van der Waals surface area contributed by atoms with Gasteiger partial charge in [0.1, 0.15) is 16.9 Å². The van der Waals surface area contributed by atoms with Gasteiger partial charge in [0.15, 0.2) is 5.65 Å². The number of hydrogen-bond donors (Lipinski definition) is 0. The lowest BCUT2D eigenvalue weighted by atomic mass is 10.2. The fourth-order valence-electron chi connectivity index (χ4n) is 2.92. The first-order valence-corrected chi connectivity index (χ1v) is 9.04. The van der Waals surface area contributed by atoms with Crippen LogP contribution in [0.3, 0.4) is 0 Å². The maximum Gasteiger partial charge on any atom is 0.263 e. The molecule has 4 heterocycles. The second-order valence-corrected chi connectivity index (χ2v) is 7.63. The van der Waals surface area contributed by atoms with Gasteiger partial charge in [-0.15, -0.1) is 16.4 Å². The molecule has 4 rings (SSSR count). The molecule has 26 heavy (non-hydrogen) atoms. The number of halogens is 1. The Kier molecular flexibility index (Phi) is 3.74. The Morgan fingerprint density at radius 3 is 2.62 bits per heavy atom. The Bertz CT molecular complexity index is 1190. The summed E-state index contributed by atoms with van der Waals surface area (Å²) in [5, 5.41) is 10.2. The monoisotopic (exact) mass is 389 g/mol. The van der Waals surface area contributed by atoms with Crippen LogP contribution in [0.2, 0.25) is 5.02 Å². The number of fused-ring (bicyclic) bond motifs is 3. The van der Waals surface area contributed by atoms with E-state index in [2.05, 4.69) is 20.2 Å². The molecule has 0 atom stereocenters. The third-order valence-corrected chi connectivity index (χ3v) is 5.87. The third-order valence-electron chi connectivity index (χ3n) is 4.23. The molecule has 4 aromatic rings. The largest absolute Gasteiger partial charge is 0.344 e. The van der Waals surface area contributed by atoms with Crippen molar-refractivity contribution in [1.29, 1.82) is 0 Å². The molecule has 0 unspecified atom stereocenters. The Morgan fingerprint density at radius 2 is 2.00 bits per heavy atom. The number of nitrogens with zero attached hydrogens (tertiary/aromatic N) is 7. The molecule has 134 valence electrons. The van der Waals surface area contributed by atoms with E-state index >= 15 is 0 Å². The highest BCUT2D eigenvalue weighted by Gasteiger charge is 2.23. The first-order chi connectivity index (χ1) is 12.3. The van der Waals surface area contributed by atoms with Crippen LogP contribution in [0.1, 0.15) is 20.9 Å². The zero-order valence-corrected chi connectivity index (χ0v) is 16.5. The Morgan fingerprint density at radius 1 is 1.27 bits per heavy atom. The van der Waals surface area contributed by atoms with Crippen LogP contribution in [-0.4, -0.2) is 54.3 Å². The molecule has 0 aliphatic rings. The first kappa shape index (κ1) is 16.9. The zero-order chi connectivity index (χ0) is 18.7. The summed E-state index contributed by atoms with van der Waals surface area (Å²) >= 11 is 7.73. The zero-order valence-electron chi connectivity index (χ0n) is 14.9. The minimum Gasteiger partial charge on any atom is -0.344 e. The highest BCUT2D eigenvalue weighted by molar-refractivity contribution is 7.20. The molecule has 0 bridgehead atoms. The van der Waals surface area contributed by atoms with Crippen molar-refractivity contribution >= 4 is 44.7 Å². The molecule has 0 saturated carbocycles. The van der Waals surface area contributed by atoms with Crippen molar-refractivity contribution < 1.29 is 4.79 Å². The third kappa shape index (κ3) is 2.31. The Hall–Kier alpha value is -2.52. The molecule has 10 heteroatoms. The molecule has 4 aromatic heterocycles. The van der Waals surface area contributed by atoms with Crippen LogP contribution in [0.4, 0.5) is 0 Å². The van der Waals surface area contributed by atoms with Gasteiger partial charge >= 0.3 is 0 Å². The van der Waals surface area contributed by atoms with Gasteiger partial charge in [-0.25, -0.2) is 14.5 Å². The summed E-state index contributed by atoms with van der Waals surface area (Å²) in [7, 11) is 5.27. The minimum absolute atomic E-state index is 0.0475. The smallest absolute Gasteiger partial charge is 0.263 e. The van der Waals surface area contributed by atoms with E-state index in [4.69, 9.17) is 11.6 Å². The lowest BCUT2D eigenvalue weighted by Gasteiger charge is -2.08. The van der Waals surface area contributed by atoms with Gasteiger partial charge in [0.2, 0.25) is 5.82 Å². The second kappa shape index (κ2) is 5.75. The predicted octanol–water partition coefficient (Wildman–Crippen LogP) is 2.71. The maximum absolute atomic E-state index is 12.4. The molecule has 0 spiro atoms. The molecule has 8 nitrogen and oxygen atoms in total. The van der Waals surface area contributed by atoms with E-state index in [1.165, 1.54) is 11.3 Å². The number of carbonyl (C=O) groups is 1. The number of thiophene rings is 1. The molecular weight excluding hydrogens is 374 g/mol. The van der Waals surface area contributed by atoms with Crippen LogP contribution >= 0.6 is 22.9 Å². The highest BCUT2D eigenvalue weighted by atomic mass is 35.5. The molecular formula is C16H16ClN7OS. The number of hydrogen-bond acceptors (Lipinski definition) is 6. The molecule has 0 radical (unpaired) electrons. The molecule has 0 aliphatic carbocycles. The van der Waals surface area contributed by atoms with Crippen LogP contribution in [0.15, 0.2) is 6.33 Å². The molecule has 1 amide bonds. The number of amides is 1. The normalized spacial score (nSPS) is 11.6. The standard InChI is InChI=1S/C16H16ClN7OS/c1-7-9-14-19-13(11-10(17)8(2)20-23(11)5)21-24(14)6-18-15(9)26-12(7)16(25)22(3)4/h6H,1-5H3. The summed E-state index contributed by atoms with van der Waals surface area (Å²) in [6, 6.07) is 0. The molecule has 0 N–H and O–H groups in total. The highest BCUT2D eigenvalue weighted by Crippen LogP contribution is 2.34. The van der Waals surface area contributed by atoms with Crippen LogP contribution in [-0.2, 0) is 7.05 Å². The average Bonchev–Trinajstić information content (AvgIpc) is 3.21. The van der Waals surface area contributed by atoms with E-state index in [1.807, 2.05) is 13.8 Å². The summed E-state index contributed by atoms with van der Waals surface area (Å²) < 4.78 is 3.28. The van der Waals surface area contributed by atoms with E-state index in [-0.39, 0.29) is 5.91 Å². The van der Waals surface area contributed by atoms with Gasteiger partial charge in [0, 0.05) is 21.1 Å². The molecule has 0 aliphatic heterocycles. The first-order valence-electron chi connectivity index (χ1n) is 7.85. The van der Waals surface area contributed by atoms with E-state index in [0.29, 0.717) is 27.1 Å². The Balaban J connectivity index is 1.99. The SMILES string of the molecule is Cc1nn(C)c(-c2nc3c4c(C)c(C(=O)N(C)C)sc4ncn3n2)c1Cl. The van der Waals surface area contributed by atoms with Gasteiger partial charge in [-0.05, 0) is 19.4 Å². The summed E-state index contributed by atoms with van der Waals surface area (Å²) in [5.74, 6) is 0.423. The fraction of sp³-hybridized carbons (Fsp3) is 0.312. The summed E-state index contributed by atoms with van der Waals surface area (Å²) in [6.45, 7) is 3.75. The van der Waals surface area contributed by atoms with Crippen LogP contribution < -0.4 is 0 Å². The van der Waals surface area contributed by atoms with Crippen LogP contribution in [0.5, 0.6) is 0 Å². The van der Waals surface area contributed by atoms with Crippen LogP contribution in [0, 0.1) is 13.8 Å². The molecule has 0 aromatic carbocycles. The van der Waals surface area contributed by atoms with Crippen LogP contribution in [0.25, 0.3) is 27.4 Å². The van der Waals surface area contributed by atoms with Gasteiger partial charge in [-0.1, -0.05) is 11.6 Å². The number of carbonyl (C=O) groups excluding carboxylic acids is 1. The van der Waals surface area contributed by atoms with Crippen molar-refractivity contribution in [1.82, 2.24) is 34.3 Å². The second-order valence-electron chi connectivity index (χ2n) is 6.26. The number of rotatable bonds is 2. The quantitative estimate of drug-likeness (QED) is 0.526. The summed E-state index contributed by atoms with van der Waals surface area (Å²) in [4.78, 5) is 24.5. The van der Waals surface area contributed by atoms with Crippen molar-refractivity contribution in [3.05, 3.63) is 27.5 Å². The average molecular weight is 390 g/mol.